The number of rotatable bonds is 4. The molecule has 0 aromatic heterocycles. The molecule has 0 radical (unpaired) electrons. The Morgan fingerprint density at radius 1 is 0.667 bits per heavy atom. The lowest BCUT2D eigenvalue weighted by atomic mass is 9.97. The summed E-state index contributed by atoms with van der Waals surface area (Å²) in [5.41, 5.74) is 7.72. The fraction of sp³-hybridized carbons (Fsp3) is 0.217. The van der Waals surface area contributed by atoms with Gasteiger partial charge in [0.2, 0.25) is 0 Å². The van der Waals surface area contributed by atoms with Gasteiger partial charge >= 0.3 is 0 Å². The highest BCUT2D eigenvalue weighted by molar-refractivity contribution is 5.71. The van der Waals surface area contributed by atoms with Crippen LogP contribution in [-0.4, -0.2) is 0 Å². The van der Waals surface area contributed by atoms with Crippen molar-refractivity contribution in [2.75, 3.05) is 0 Å². The van der Waals surface area contributed by atoms with Crippen LogP contribution in [0.5, 0.6) is 0 Å². The van der Waals surface area contributed by atoms with Gasteiger partial charge in [-0.2, -0.15) is 0 Å². The average Bonchev–Trinajstić information content (AvgIpc) is 2.56. The molecule has 0 atom stereocenters. The third kappa shape index (κ3) is 3.56. The number of hydrogen-bond acceptors (Lipinski definition) is 0. The average molecular weight is 318 g/mol. The molecule has 3 aromatic rings. The van der Waals surface area contributed by atoms with Crippen LogP contribution in [0.4, 0.5) is 4.39 Å². The molecule has 0 aliphatic rings. The highest BCUT2D eigenvalue weighted by Gasteiger charge is 2.06. The minimum atomic E-state index is -0.104. The van der Waals surface area contributed by atoms with E-state index in [1.165, 1.54) is 22.3 Å². The van der Waals surface area contributed by atoms with Crippen molar-refractivity contribution in [2.24, 2.45) is 0 Å². The number of benzene rings is 3. The quantitative estimate of drug-likeness (QED) is 0.500. The van der Waals surface area contributed by atoms with Gasteiger partial charge in [-0.1, -0.05) is 79.1 Å². The molecule has 1 heteroatoms. The van der Waals surface area contributed by atoms with E-state index in [0.717, 1.165) is 29.5 Å². The van der Waals surface area contributed by atoms with Crippen LogP contribution in [0.25, 0.3) is 22.3 Å². The molecule has 0 unspecified atom stereocenters. The number of aryl methyl sites for hydroxylation is 3. The van der Waals surface area contributed by atoms with Gasteiger partial charge in [-0.05, 0) is 54.2 Å². The van der Waals surface area contributed by atoms with Crippen molar-refractivity contribution in [2.45, 2.75) is 33.6 Å². The summed E-state index contributed by atoms with van der Waals surface area (Å²) >= 11 is 0. The van der Waals surface area contributed by atoms with E-state index in [-0.39, 0.29) is 5.82 Å². The molecule has 3 aromatic carbocycles. The predicted octanol–water partition coefficient (Wildman–Crippen LogP) is 6.73. The van der Waals surface area contributed by atoms with Crippen molar-refractivity contribution in [3.63, 3.8) is 0 Å². The van der Waals surface area contributed by atoms with Gasteiger partial charge in [-0.25, -0.2) is 4.39 Å². The zero-order chi connectivity index (χ0) is 17.1. The largest absolute Gasteiger partial charge is 0.207 e. The van der Waals surface area contributed by atoms with Gasteiger partial charge in [-0.15, -0.1) is 0 Å². The summed E-state index contributed by atoms with van der Waals surface area (Å²) in [6.07, 6.45) is 1.75. The summed E-state index contributed by atoms with van der Waals surface area (Å²) < 4.78 is 14.2. The summed E-state index contributed by atoms with van der Waals surface area (Å²) in [7, 11) is 0. The molecule has 122 valence electrons. The maximum atomic E-state index is 14.2. The van der Waals surface area contributed by atoms with Crippen LogP contribution in [0.2, 0.25) is 0 Å². The van der Waals surface area contributed by atoms with E-state index >= 15 is 0 Å². The maximum absolute atomic E-state index is 14.2. The lowest BCUT2D eigenvalue weighted by Gasteiger charge is -2.08. The topological polar surface area (TPSA) is 0 Å². The van der Waals surface area contributed by atoms with Crippen molar-refractivity contribution in [3.05, 3.63) is 83.2 Å². The van der Waals surface area contributed by atoms with Gasteiger partial charge in [0.25, 0.3) is 0 Å². The van der Waals surface area contributed by atoms with Crippen LogP contribution in [0.1, 0.15) is 30.0 Å². The fourth-order valence-corrected chi connectivity index (χ4v) is 3.20. The van der Waals surface area contributed by atoms with E-state index in [4.69, 9.17) is 0 Å². The SMILES string of the molecule is CCCc1ccc(-c2ccc(-c3cc(C)cc(C)c3)cc2)cc1F. The van der Waals surface area contributed by atoms with E-state index in [2.05, 4.69) is 63.2 Å². The maximum Gasteiger partial charge on any atom is 0.127 e. The zero-order valence-corrected chi connectivity index (χ0v) is 14.6. The Morgan fingerprint density at radius 2 is 1.21 bits per heavy atom. The number of hydrogen-bond donors (Lipinski definition) is 0. The molecule has 0 amide bonds. The molecule has 0 nitrogen and oxygen atoms in total. The molecular weight excluding hydrogens is 295 g/mol. The first-order chi connectivity index (χ1) is 11.6. The molecule has 0 saturated carbocycles. The van der Waals surface area contributed by atoms with Gasteiger partial charge in [0.15, 0.2) is 0 Å². The summed E-state index contributed by atoms with van der Waals surface area (Å²) in [4.78, 5) is 0. The highest BCUT2D eigenvalue weighted by atomic mass is 19.1. The zero-order valence-electron chi connectivity index (χ0n) is 14.6. The molecule has 0 N–H and O–H groups in total. The Morgan fingerprint density at radius 3 is 1.75 bits per heavy atom. The van der Waals surface area contributed by atoms with Crippen LogP contribution >= 0.6 is 0 Å². The first-order valence-electron chi connectivity index (χ1n) is 8.54. The van der Waals surface area contributed by atoms with Crippen molar-refractivity contribution >= 4 is 0 Å². The molecule has 0 fully saturated rings. The molecule has 0 spiro atoms. The lowest BCUT2D eigenvalue weighted by molar-refractivity contribution is 0.608. The van der Waals surface area contributed by atoms with E-state index in [0.29, 0.717) is 0 Å². The minimum absolute atomic E-state index is 0.104. The Balaban J connectivity index is 1.90. The van der Waals surface area contributed by atoms with Gasteiger partial charge in [-0.3, -0.25) is 0 Å². The van der Waals surface area contributed by atoms with Crippen molar-refractivity contribution < 1.29 is 4.39 Å². The van der Waals surface area contributed by atoms with Crippen LogP contribution in [0, 0.1) is 19.7 Å². The van der Waals surface area contributed by atoms with Crippen molar-refractivity contribution in [1.82, 2.24) is 0 Å². The fourth-order valence-electron chi connectivity index (χ4n) is 3.20. The third-order valence-corrected chi connectivity index (χ3v) is 4.35. The second-order valence-electron chi connectivity index (χ2n) is 6.51. The first-order valence-corrected chi connectivity index (χ1v) is 8.54. The van der Waals surface area contributed by atoms with E-state index < -0.39 is 0 Å². The smallest absolute Gasteiger partial charge is 0.127 e. The molecule has 3 rings (SSSR count). The summed E-state index contributed by atoms with van der Waals surface area (Å²) in [5, 5.41) is 0. The van der Waals surface area contributed by atoms with Gasteiger partial charge in [0.1, 0.15) is 5.82 Å². The number of halogens is 1. The molecular formula is C23H23F. The second-order valence-corrected chi connectivity index (χ2v) is 6.51. The standard InChI is InChI=1S/C23H23F/c1-4-5-20-10-11-21(15-23(20)24)18-6-8-19(9-7-18)22-13-16(2)12-17(3)14-22/h6-15H,4-5H2,1-3H3. The van der Waals surface area contributed by atoms with Crippen LogP contribution in [0.15, 0.2) is 60.7 Å². The molecule has 0 aliphatic heterocycles. The third-order valence-electron chi connectivity index (χ3n) is 4.35. The Labute approximate surface area is 144 Å². The molecule has 0 saturated heterocycles. The van der Waals surface area contributed by atoms with Gasteiger partial charge in [0.05, 0.1) is 0 Å². The first kappa shape index (κ1) is 16.4. The van der Waals surface area contributed by atoms with Crippen LogP contribution < -0.4 is 0 Å². The molecule has 0 bridgehead atoms. The second kappa shape index (κ2) is 7.00. The van der Waals surface area contributed by atoms with Crippen molar-refractivity contribution in [3.8, 4) is 22.3 Å². The lowest BCUT2D eigenvalue weighted by Crippen LogP contribution is -1.90. The van der Waals surface area contributed by atoms with E-state index in [1.807, 2.05) is 12.1 Å². The monoisotopic (exact) mass is 318 g/mol. The van der Waals surface area contributed by atoms with E-state index in [1.54, 1.807) is 6.07 Å². The summed E-state index contributed by atoms with van der Waals surface area (Å²) in [6, 6.07) is 20.5. The Hall–Kier alpha value is -2.41. The van der Waals surface area contributed by atoms with E-state index in [9.17, 15) is 4.39 Å². The molecule has 0 heterocycles. The normalized spacial score (nSPS) is 10.8. The van der Waals surface area contributed by atoms with Crippen LogP contribution in [0.3, 0.4) is 0 Å². The van der Waals surface area contributed by atoms with Crippen LogP contribution in [-0.2, 0) is 6.42 Å². The Kier molecular flexibility index (Phi) is 4.80. The van der Waals surface area contributed by atoms with Gasteiger partial charge in [0, 0.05) is 0 Å². The summed E-state index contributed by atoms with van der Waals surface area (Å²) in [5.74, 6) is -0.104. The summed E-state index contributed by atoms with van der Waals surface area (Å²) in [6.45, 7) is 6.30. The predicted molar refractivity (Wildman–Crippen MR) is 101 cm³/mol. The molecule has 24 heavy (non-hydrogen) atoms. The van der Waals surface area contributed by atoms with Gasteiger partial charge < -0.3 is 0 Å². The van der Waals surface area contributed by atoms with Crippen molar-refractivity contribution in [1.29, 1.82) is 0 Å². The Bertz CT molecular complexity index is 824. The highest BCUT2D eigenvalue weighted by Crippen LogP contribution is 2.27. The molecule has 0 aliphatic carbocycles. The minimum Gasteiger partial charge on any atom is -0.207 e.